The normalized spacial score (nSPS) is 22.0. The number of hydrogen-bond donors (Lipinski definition) is 2. The number of sulfone groups is 1. The summed E-state index contributed by atoms with van der Waals surface area (Å²) in [5.41, 5.74) is 2.58. The molecule has 0 bridgehead atoms. The van der Waals surface area contributed by atoms with Crippen LogP contribution < -0.4 is 10.6 Å². The summed E-state index contributed by atoms with van der Waals surface area (Å²) in [6.07, 6.45) is 2.29. The van der Waals surface area contributed by atoms with Gasteiger partial charge in [-0.05, 0) is 42.2 Å². The molecule has 2 aromatic rings. The fourth-order valence-electron chi connectivity index (χ4n) is 3.34. The van der Waals surface area contributed by atoms with E-state index in [0.29, 0.717) is 6.42 Å². The highest BCUT2D eigenvalue weighted by Gasteiger charge is 2.42. The molecule has 2 heterocycles. The number of carbonyl (C=O) groups excluding carboxylic acids is 1. The van der Waals surface area contributed by atoms with Crippen LogP contribution in [0, 0.1) is 0 Å². The molecule has 9 heteroatoms. The molecular weight excluding hydrogens is 426 g/mol. The molecule has 29 heavy (non-hydrogen) atoms. The zero-order chi connectivity index (χ0) is 20.4. The SMILES string of the molecule is CSc1cccc(NC(=O)Cc2ccc(NC3=N[C@H]4CS(=O)(=O)C[C@@H]4S3)cc2)c1. The lowest BCUT2D eigenvalue weighted by atomic mass is 10.1. The fraction of sp³-hybridized carbons (Fsp3) is 0.300. The van der Waals surface area contributed by atoms with Crippen LogP contribution >= 0.6 is 23.5 Å². The van der Waals surface area contributed by atoms with Crippen LogP contribution in [-0.2, 0) is 21.1 Å². The van der Waals surface area contributed by atoms with Crippen LogP contribution in [0.2, 0.25) is 0 Å². The number of benzene rings is 2. The van der Waals surface area contributed by atoms with E-state index in [2.05, 4.69) is 15.6 Å². The average molecular weight is 448 g/mol. The Morgan fingerprint density at radius 1 is 1.17 bits per heavy atom. The first-order chi connectivity index (χ1) is 13.9. The zero-order valence-electron chi connectivity index (χ0n) is 15.8. The highest BCUT2D eigenvalue weighted by atomic mass is 32.2. The maximum atomic E-state index is 12.3. The van der Waals surface area contributed by atoms with Crippen molar-refractivity contribution in [3.05, 3.63) is 54.1 Å². The molecule has 0 radical (unpaired) electrons. The standard InChI is InChI=1S/C20H21N3O3S3/c1-27-16-4-2-3-15(10-16)21-19(24)9-13-5-7-14(8-6-13)22-20-23-17-11-29(25,26)12-18(17)28-20/h2-8,10,17-18H,9,11-12H2,1H3,(H,21,24)(H,22,23)/t17-,18-/m0/s1. The molecule has 4 rings (SSSR count). The quantitative estimate of drug-likeness (QED) is 0.684. The van der Waals surface area contributed by atoms with Gasteiger partial charge in [-0.25, -0.2) is 8.42 Å². The summed E-state index contributed by atoms with van der Waals surface area (Å²) in [6, 6.07) is 15.3. The predicted octanol–water partition coefficient (Wildman–Crippen LogP) is 3.27. The molecule has 2 aliphatic heterocycles. The highest BCUT2D eigenvalue weighted by Crippen LogP contribution is 2.34. The molecule has 152 valence electrons. The summed E-state index contributed by atoms with van der Waals surface area (Å²) in [5, 5.41) is 6.95. The number of carbonyl (C=O) groups is 1. The van der Waals surface area contributed by atoms with E-state index in [1.54, 1.807) is 11.8 Å². The van der Waals surface area contributed by atoms with E-state index in [0.717, 1.165) is 27.0 Å². The van der Waals surface area contributed by atoms with Crippen molar-refractivity contribution in [2.75, 3.05) is 28.4 Å². The van der Waals surface area contributed by atoms with Crippen molar-refractivity contribution in [1.29, 1.82) is 0 Å². The maximum Gasteiger partial charge on any atom is 0.228 e. The highest BCUT2D eigenvalue weighted by molar-refractivity contribution is 8.15. The van der Waals surface area contributed by atoms with Gasteiger partial charge in [-0.1, -0.05) is 30.0 Å². The summed E-state index contributed by atoms with van der Waals surface area (Å²) < 4.78 is 23.3. The molecule has 1 saturated heterocycles. The van der Waals surface area contributed by atoms with E-state index in [-0.39, 0.29) is 28.7 Å². The second kappa shape index (κ2) is 8.41. The van der Waals surface area contributed by atoms with Gasteiger partial charge >= 0.3 is 0 Å². The second-order valence-corrected chi connectivity index (χ2v) is 11.3. The molecule has 2 N–H and O–H groups in total. The van der Waals surface area contributed by atoms with Crippen molar-refractivity contribution in [3.63, 3.8) is 0 Å². The van der Waals surface area contributed by atoms with Crippen LogP contribution in [0.5, 0.6) is 0 Å². The number of amides is 1. The van der Waals surface area contributed by atoms with Crippen LogP contribution in [-0.4, -0.2) is 48.5 Å². The van der Waals surface area contributed by atoms with Gasteiger partial charge in [0.2, 0.25) is 5.91 Å². The molecule has 0 aliphatic carbocycles. The van der Waals surface area contributed by atoms with Crippen LogP contribution in [0.1, 0.15) is 5.56 Å². The number of anilines is 2. The number of aliphatic imine (C=N–C) groups is 1. The Bertz CT molecular complexity index is 1050. The topological polar surface area (TPSA) is 87.6 Å². The van der Waals surface area contributed by atoms with Crippen molar-refractivity contribution in [1.82, 2.24) is 0 Å². The zero-order valence-corrected chi connectivity index (χ0v) is 18.2. The number of fused-ring (bicyclic) bond motifs is 1. The average Bonchev–Trinajstić information content (AvgIpc) is 3.16. The molecule has 2 atom stereocenters. The minimum Gasteiger partial charge on any atom is -0.335 e. The number of nitrogens with one attached hydrogen (secondary N) is 2. The Morgan fingerprint density at radius 2 is 1.97 bits per heavy atom. The molecule has 0 aromatic heterocycles. The smallest absolute Gasteiger partial charge is 0.228 e. The van der Waals surface area contributed by atoms with Crippen molar-refractivity contribution in [2.45, 2.75) is 22.6 Å². The van der Waals surface area contributed by atoms with E-state index < -0.39 is 9.84 Å². The van der Waals surface area contributed by atoms with E-state index in [1.807, 2.05) is 54.8 Å². The number of amidine groups is 1. The van der Waals surface area contributed by atoms with Gasteiger partial charge in [-0.2, -0.15) is 0 Å². The summed E-state index contributed by atoms with van der Waals surface area (Å²) in [5.74, 6) is 0.281. The lowest BCUT2D eigenvalue weighted by Gasteiger charge is -2.09. The molecule has 0 spiro atoms. The molecular formula is C20H21N3O3S3. The summed E-state index contributed by atoms with van der Waals surface area (Å²) in [6.45, 7) is 0. The van der Waals surface area contributed by atoms with Crippen molar-refractivity contribution >= 4 is 55.8 Å². The third-order valence-corrected chi connectivity index (χ3v) is 8.61. The third-order valence-electron chi connectivity index (χ3n) is 4.74. The molecule has 2 aliphatic rings. The first-order valence-corrected chi connectivity index (χ1v) is 13.1. The predicted molar refractivity (Wildman–Crippen MR) is 122 cm³/mol. The molecule has 2 aromatic carbocycles. The largest absolute Gasteiger partial charge is 0.335 e. The van der Waals surface area contributed by atoms with E-state index >= 15 is 0 Å². The minimum absolute atomic E-state index is 0.0232. The molecule has 0 unspecified atom stereocenters. The van der Waals surface area contributed by atoms with Gasteiger partial charge in [-0.15, -0.1) is 11.8 Å². The second-order valence-electron chi connectivity index (χ2n) is 7.01. The van der Waals surface area contributed by atoms with Crippen LogP contribution in [0.3, 0.4) is 0 Å². The monoisotopic (exact) mass is 447 g/mol. The van der Waals surface area contributed by atoms with Crippen LogP contribution in [0.4, 0.5) is 11.4 Å². The van der Waals surface area contributed by atoms with Gasteiger partial charge < -0.3 is 10.6 Å². The molecule has 1 fully saturated rings. The van der Waals surface area contributed by atoms with Crippen molar-refractivity contribution < 1.29 is 13.2 Å². The van der Waals surface area contributed by atoms with Gasteiger partial charge in [0, 0.05) is 21.5 Å². The molecule has 6 nitrogen and oxygen atoms in total. The number of nitrogens with zero attached hydrogens (tertiary/aromatic N) is 1. The van der Waals surface area contributed by atoms with E-state index in [1.165, 1.54) is 11.8 Å². The number of thioether (sulfide) groups is 2. The maximum absolute atomic E-state index is 12.3. The lowest BCUT2D eigenvalue weighted by Crippen LogP contribution is -2.14. The Morgan fingerprint density at radius 3 is 2.69 bits per heavy atom. The Labute approximate surface area is 178 Å². The van der Waals surface area contributed by atoms with Crippen LogP contribution in [0.15, 0.2) is 58.4 Å². The van der Waals surface area contributed by atoms with Crippen molar-refractivity contribution in [2.24, 2.45) is 4.99 Å². The Balaban J connectivity index is 1.32. The number of rotatable bonds is 5. The molecule has 1 amide bonds. The first-order valence-electron chi connectivity index (χ1n) is 9.15. The Kier molecular flexibility index (Phi) is 5.89. The van der Waals surface area contributed by atoms with E-state index in [4.69, 9.17) is 0 Å². The van der Waals surface area contributed by atoms with Crippen molar-refractivity contribution in [3.8, 4) is 0 Å². The third kappa shape index (κ3) is 5.15. The van der Waals surface area contributed by atoms with Gasteiger partial charge in [0.25, 0.3) is 0 Å². The summed E-state index contributed by atoms with van der Waals surface area (Å²) in [7, 11) is -2.94. The number of hydrogen-bond acceptors (Lipinski definition) is 7. The van der Waals surface area contributed by atoms with Crippen LogP contribution in [0.25, 0.3) is 0 Å². The Hall–Kier alpha value is -1.97. The van der Waals surface area contributed by atoms with Gasteiger partial charge in [0.1, 0.15) is 0 Å². The van der Waals surface area contributed by atoms with E-state index in [9.17, 15) is 13.2 Å². The minimum atomic E-state index is -2.94. The van der Waals surface area contributed by atoms with Gasteiger partial charge in [0.05, 0.1) is 24.0 Å². The van der Waals surface area contributed by atoms with Gasteiger partial charge in [0.15, 0.2) is 15.0 Å². The summed E-state index contributed by atoms with van der Waals surface area (Å²) in [4.78, 5) is 17.9. The molecule has 0 saturated carbocycles. The lowest BCUT2D eigenvalue weighted by molar-refractivity contribution is -0.115. The first kappa shape index (κ1) is 20.3. The van der Waals surface area contributed by atoms with Gasteiger partial charge in [-0.3, -0.25) is 9.79 Å². The fourth-order valence-corrected chi connectivity index (χ4v) is 7.47. The summed E-state index contributed by atoms with van der Waals surface area (Å²) >= 11 is 3.13.